The van der Waals surface area contributed by atoms with Crippen LogP contribution in [0.5, 0.6) is 0 Å². The van der Waals surface area contributed by atoms with E-state index in [4.69, 9.17) is 5.11 Å². The van der Waals surface area contributed by atoms with Crippen LogP contribution in [-0.2, 0) is 0 Å². The Morgan fingerprint density at radius 1 is 1.50 bits per heavy atom. The number of hydrogen-bond donors (Lipinski definition) is 1. The summed E-state index contributed by atoms with van der Waals surface area (Å²) < 4.78 is 2.21. The molecule has 0 aromatic carbocycles. The maximum Gasteiger partial charge on any atom is 0.165 e. The summed E-state index contributed by atoms with van der Waals surface area (Å²) in [6, 6.07) is 0. The number of aliphatic hydroxyl groups excluding tert-OH is 1. The maximum absolute atomic E-state index is 8.59. The molecule has 0 aromatic heterocycles. The van der Waals surface area contributed by atoms with E-state index in [2.05, 4.69) is 11.5 Å². The van der Waals surface area contributed by atoms with Gasteiger partial charge in [0.15, 0.2) is 6.21 Å². The fourth-order valence-electron chi connectivity index (χ4n) is 1.33. The smallest absolute Gasteiger partial charge is 0.165 e. The molecular weight excluding hydrogens is 126 g/mol. The minimum atomic E-state index is 0.189. The van der Waals surface area contributed by atoms with Gasteiger partial charge in [-0.25, -0.2) is 4.58 Å². The highest BCUT2D eigenvalue weighted by Crippen LogP contribution is 2.11. The molecule has 0 saturated carbocycles. The fraction of sp³-hybridized carbons (Fsp3) is 0.875. The van der Waals surface area contributed by atoms with E-state index in [9.17, 15) is 0 Å². The van der Waals surface area contributed by atoms with Crippen LogP contribution in [-0.4, -0.2) is 35.6 Å². The van der Waals surface area contributed by atoms with Crippen LogP contribution in [0.2, 0.25) is 0 Å². The van der Waals surface area contributed by atoms with Crippen molar-refractivity contribution in [2.45, 2.75) is 19.8 Å². The quantitative estimate of drug-likeness (QED) is 0.529. The fourth-order valence-corrected chi connectivity index (χ4v) is 1.33. The Morgan fingerprint density at radius 3 is 2.60 bits per heavy atom. The summed E-state index contributed by atoms with van der Waals surface area (Å²) in [4.78, 5) is 0. The summed E-state index contributed by atoms with van der Waals surface area (Å²) in [5.74, 6) is 0.878. The van der Waals surface area contributed by atoms with Crippen LogP contribution in [0.25, 0.3) is 0 Å². The molecule has 0 amide bonds. The first-order valence-electron chi connectivity index (χ1n) is 4.01. The van der Waals surface area contributed by atoms with E-state index in [1.54, 1.807) is 0 Å². The van der Waals surface area contributed by atoms with Crippen molar-refractivity contribution in [1.29, 1.82) is 0 Å². The molecule has 58 valence electrons. The van der Waals surface area contributed by atoms with E-state index in [0.29, 0.717) is 0 Å². The van der Waals surface area contributed by atoms with Crippen LogP contribution >= 0.6 is 0 Å². The minimum absolute atomic E-state index is 0.189. The Labute approximate surface area is 62.2 Å². The highest BCUT2D eigenvalue weighted by molar-refractivity contribution is 5.51. The summed E-state index contributed by atoms with van der Waals surface area (Å²) in [5, 5.41) is 8.59. The van der Waals surface area contributed by atoms with Gasteiger partial charge in [-0.05, 0) is 5.92 Å². The molecular formula is C8H16NO+. The summed E-state index contributed by atoms with van der Waals surface area (Å²) in [6.07, 6.45) is 4.43. The van der Waals surface area contributed by atoms with Crippen LogP contribution in [0.4, 0.5) is 0 Å². The van der Waals surface area contributed by atoms with Crippen molar-refractivity contribution >= 4 is 6.21 Å². The second-order valence-corrected chi connectivity index (χ2v) is 3.08. The van der Waals surface area contributed by atoms with Crippen LogP contribution in [0.15, 0.2) is 0 Å². The molecule has 1 N–H and O–H groups in total. The third-order valence-corrected chi connectivity index (χ3v) is 2.16. The molecule has 1 aliphatic rings. The highest BCUT2D eigenvalue weighted by atomic mass is 16.3. The molecule has 0 spiro atoms. The first-order chi connectivity index (χ1) is 4.83. The SMILES string of the molecule is CC1CC[N+](=CCO)CC1. The molecule has 0 radical (unpaired) electrons. The molecule has 0 unspecified atom stereocenters. The average Bonchev–Trinajstić information content (AvgIpc) is 1.95. The van der Waals surface area contributed by atoms with Gasteiger partial charge in [-0.3, -0.25) is 0 Å². The monoisotopic (exact) mass is 142 g/mol. The predicted molar refractivity (Wildman–Crippen MR) is 41.5 cm³/mol. The van der Waals surface area contributed by atoms with E-state index in [1.807, 2.05) is 6.21 Å². The van der Waals surface area contributed by atoms with Gasteiger partial charge in [0.1, 0.15) is 19.7 Å². The Bertz CT molecular complexity index is 121. The van der Waals surface area contributed by atoms with Crippen LogP contribution < -0.4 is 0 Å². The Hall–Kier alpha value is -0.370. The van der Waals surface area contributed by atoms with Gasteiger partial charge >= 0.3 is 0 Å². The van der Waals surface area contributed by atoms with Gasteiger partial charge in [0.2, 0.25) is 0 Å². The zero-order valence-corrected chi connectivity index (χ0v) is 6.58. The lowest BCUT2D eigenvalue weighted by Gasteiger charge is -2.15. The molecule has 10 heavy (non-hydrogen) atoms. The minimum Gasteiger partial charge on any atom is -0.386 e. The molecule has 1 rings (SSSR count). The topological polar surface area (TPSA) is 23.2 Å². The summed E-state index contributed by atoms with van der Waals surface area (Å²) in [5.41, 5.74) is 0. The highest BCUT2D eigenvalue weighted by Gasteiger charge is 2.15. The van der Waals surface area contributed by atoms with E-state index in [1.165, 1.54) is 12.8 Å². The molecule has 2 nitrogen and oxygen atoms in total. The summed E-state index contributed by atoms with van der Waals surface area (Å²) in [6.45, 7) is 4.73. The third kappa shape index (κ3) is 2.10. The lowest BCUT2D eigenvalue weighted by molar-refractivity contribution is -0.537. The molecule has 1 saturated heterocycles. The number of nitrogens with zero attached hydrogens (tertiary/aromatic N) is 1. The van der Waals surface area contributed by atoms with Crippen molar-refractivity contribution in [2.75, 3.05) is 19.7 Å². The molecule has 1 fully saturated rings. The lowest BCUT2D eigenvalue weighted by Crippen LogP contribution is -2.26. The molecule has 0 bridgehead atoms. The molecule has 2 heteroatoms. The first-order valence-corrected chi connectivity index (χ1v) is 4.01. The van der Waals surface area contributed by atoms with Crippen molar-refractivity contribution in [1.82, 2.24) is 0 Å². The summed E-state index contributed by atoms with van der Waals surface area (Å²) >= 11 is 0. The molecule has 0 aliphatic carbocycles. The standard InChI is InChI=1S/C8H16NO/c1-8-2-4-9(5-3-8)6-7-10/h6,8,10H,2-5,7H2,1H3/q+1. The van der Waals surface area contributed by atoms with Crippen LogP contribution in [0.1, 0.15) is 19.8 Å². The van der Waals surface area contributed by atoms with Crippen molar-refractivity contribution < 1.29 is 9.68 Å². The number of rotatable bonds is 1. The number of hydrogen-bond acceptors (Lipinski definition) is 1. The van der Waals surface area contributed by atoms with Gasteiger partial charge in [0.25, 0.3) is 0 Å². The van der Waals surface area contributed by atoms with E-state index in [-0.39, 0.29) is 6.61 Å². The Kier molecular flexibility index (Phi) is 2.87. The predicted octanol–water partition coefficient (Wildman–Crippen LogP) is 0.492. The van der Waals surface area contributed by atoms with Crippen LogP contribution in [0, 0.1) is 5.92 Å². The molecule has 1 aliphatic heterocycles. The second-order valence-electron chi connectivity index (χ2n) is 3.08. The van der Waals surface area contributed by atoms with Gasteiger partial charge in [-0.15, -0.1) is 0 Å². The first kappa shape index (κ1) is 7.73. The van der Waals surface area contributed by atoms with Gasteiger partial charge in [0, 0.05) is 12.8 Å². The van der Waals surface area contributed by atoms with Crippen molar-refractivity contribution in [3.63, 3.8) is 0 Å². The Morgan fingerprint density at radius 2 is 2.10 bits per heavy atom. The molecule has 0 atom stereocenters. The number of aliphatic hydroxyl groups is 1. The van der Waals surface area contributed by atoms with Crippen molar-refractivity contribution in [3.05, 3.63) is 0 Å². The zero-order valence-electron chi connectivity index (χ0n) is 6.58. The third-order valence-electron chi connectivity index (χ3n) is 2.16. The van der Waals surface area contributed by atoms with Gasteiger partial charge in [-0.1, -0.05) is 6.92 Å². The van der Waals surface area contributed by atoms with E-state index >= 15 is 0 Å². The van der Waals surface area contributed by atoms with Crippen molar-refractivity contribution in [2.24, 2.45) is 5.92 Å². The van der Waals surface area contributed by atoms with E-state index < -0.39 is 0 Å². The van der Waals surface area contributed by atoms with Gasteiger partial charge in [-0.2, -0.15) is 0 Å². The lowest BCUT2D eigenvalue weighted by atomic mass is 10.0. The normalized spacial score (nSPS) is 26.6. The second kappa shape index (κ2) is 3.71. The van der Waals surface area contributed by atoms with Crippen molar-refractivity contribution in [3.8, 4) is 0 Å². The average molecular weight is 142 g/mol. The Balaban J connectivity index is 2.32. The van der Waals surface area contributed by atoms with Gasteiger partial charge in [0.05, 0.1) is 0 Å². The largest absolute Gasteiger partial charge is 0.386 e. The maximum atomic E-state index is 8.59. The molecule has 1 heterocycles. The van der Waals surface area contributed by atoms with Gasteiger partial charge < -0.3 is 5.11 Å². The van der Waals surface area contributed by atoms with E-state index in [0.717, 1.165) is 19.0 Å². The zero-order chi connectivity index (χ0) is 7.40. The van der Waals surface area contributed by atoms with Crippen LogP contribution in [0.3, 0.4) is 0 Å². The molecule has 0 aromatic rings. The number of piperidine rings is 1. The summed E-state index contributed by atoms with van der Waals surface area (Å²) in [7, 11) is 0.